The lowest BCUT2D eigenvalue weighted by molar-refractivity contribution is -0.144. The van der Waals surface area contributed by atoms with Crippen LogP contribution in [-0.2, 0) is 14.4 Å². The molecule has 0 radical (unpaired) electrons. The summed E-state index contributed by atoms with van der Waals surface area (Å²) in [6, 6.07) is 7.87. The fourth-order valence-electron chi connectivity index (χ4n) is 1.57. The van der Waals surface area contributed by atoms with Gasteiger partial charge in [-0.05, 0) is 17.8 Å². The van der Waals surface area contributed by atoms with E-state index >= 15 is 0 Å². The fourth-order valence-corrected chi connectivity index (χ4v) is 1.79. The van der Waals surface area contributed by atoms with Crippen LogP contribution in [0, 0.1) is 0 Å². The summed E-state index contributed by atoms with van der Waals surface area (Å²) in [5.41, 5.74) is 5.77. The number of nitrogens with two attached hydrogens (primary N) is 1. The van der Waals surface area contributed by atoms with E-state index in [1.165, 1.54) is 0 Å². The summed E-state index contributed by atoms with van der Waals surface area (Å²) in [5, 5.41) is 21.9. The predicted octanol–water partition coefficient (Wildman–Crippen LogP) is -0.395. The first-order valence-electron chi connectivity index (χ1n) is 6.17. The molecule has 6 N–H and O–H groups in total. The van der Waals surface area contributed by atoms with Crippen molar-refractivity contribution in [3.63, 3.8) is 0 Å². The van der Waals surface area contributed by atoms with Gasteiger partial charge in [-0.15, -0.1) is 0 Å². The minimum atomic E-state index is -1.29. The van der Waals surface area contributed by atoms with Gasteiger partial charge < -0.3 is 26.6 Å². The third-order valence-electron chi connectivity index (χ3n) is 2.62. The zero-order valence-electron chi connectivity index (χ0n) is 11.4. The third-order valence-corrected chi connectivity index (χ3v) is 2.84. The molecule has 0 saturated carbocycles. The number of carbonyl (C=O) groups excluding carboxylic acids is 1. The van der Waals surface area contributed by atoms with E-state index in [0.717, 1.165) is 5.56 Å². The highest BCUT2D eigenvalue weighted by Crippen LogP contribution is 2.15. The van der Waals surface area contributed by atoms with Crippen molar-refractivity contribution in [3.8, 4) is 0 Å². The van der Waals surface area contributed by atoms with E-state index in [1.54, 1.807) is 0 Å². The summed E-state index contributed by atoms with van der Waals surface area (Å²) < 4.78 is 0. The molecule has 0 aromatic heterocycles. The quantitative estimate of drug-likeness (QED) is 0.471. The SMILES string of the molecule is NC(CC(=O)O)C(=O)O.O=C1NC(=S)NC1c1ccccc1. The molecule has 0 spiro atoms. The summed E-state index contributed by atoms with van der Waals surface area (Å²) in [7, 11) is 0. The van der Waals surface area contributed by atoms with E-state index in [9.17, 15) is 14.4 Å². The number of hydrogen-bond acceptors (Lipinski definition) is 5. The van der Waals surface area contributed by atoms with Crippen molar-refractivity contribution in [1.82, 2.24) is 10.6 Å². The van der Waals surface area contributed by atoms with Crippen molar-refractivity contribution in [1.29, 1.82) is 0 Å². The Labute approximate surface area is 131 Å². The highest BCUT2D eigenvalue weighted by atomic mass is 32.1. The van der Waals surface area contributed by atoms with Gasteiger partial charge in [-0.3, -0.25) is 14.4 Å². The maximum Gasteiger partial charge on any atom is 0.321 e. The van der Waals surface area contributed by atoms with Crippen molar-refractivity contribution in [2.75, 3.05) is 0 Å². The Kier molecular flexibility index (Phi) is 6.42. The smallest absolute Gasteiger partial charge is 0.321 e. The Morgan fingerprint density at radius 1 is 1.27 bits per heavy atom. The van der Waals surface area contributed by atoms with Gasteiger partial charge in [0.25, 0.3) is 5.91 Å². The van der Waals surface area contributed by atoms with Crippen LogP contribution in [0.2, 0.25) is 0 Å². The van der Waals surface area contributed by atoms with Crippen LogP contribution in [0.5, 0.6) is 0 Å². The van der Waals surface area contributed by atoms with Crippen LogP contribution in [0.4, 0.5) is 0 Å². The second kappa shape index (κ2) is 8.05. The van der Waals surface area contributed by atoms with E-state index < -0.39 is 24.4 Å². The summed E-state index contributed by atoms with van der Waals surface area (Å²) in [5.74, 6) is -2.58. The zero-order valence-corrected chi connectivity index (χ0v) is 12.2. The van der Waals surface area contributed by atoms with Crippen molar-refractivity contribution >= 4 is 35.2 Å². The lowest BCUT2D eigenvalue weighted by Crippen LogP contribution is -2.32. The largest absolute Gasteiger partial charge is 0.481 e. The minimum absolute atomic E-state index is 0.0869. The summed E-state index contributed by atoms with van der Waals surface area (Å²) >= 11 is 4.83. The first-order chi connectivity index (χ1) is 10.3. The molecule has 2 unspecified atom stereocenters. The van der Waals surface area contributed by atoms with Gasteiger partial charge >= 0.3 is 11.9 Å². The number of carboxylic acids is 2. The van der Waals surface area contributed by atoms with Crippen LogP contribution in [0.1, 0.15) is 18.0 Å². The molecule has 1 aliphatic rings. The lowest BCUT2D eigenvalue weighted by Gasteiger charge is -2.06. The van der Waals surface area contributed by atoms with Crippen molar-refractivity contribution in [3.05, 3.63) is 35.9 Å². The molecule has 1 saturated heterocycles. The van der Waals surface area contributed by atoms with Crippen LogP contribution >= 0.6 is 12.2 Å². The van der Waals surface area contributed by atoms with Crippen molar-refractivity contribution in [2.45, 2.75) is 18.5 Å². The van der Waals surface area contributed by atoms with E-state index in [-0.39, 0.29) is 11.9 Å². The van der Waals surface area contributed by atoms with Gasteiger partial charge in [0.05, 0.1) is 6.42 Å². The maximum absolute atomic E-state index is 11.3. The molecular formula is C13H15N3O5S. The molecule has 1 aromatic rings. The van der Waals surface area contributed by atoms with E-state index in [4.69, 9.17) is 28.2 Å². The Bertz CT molecular complexity index is 578. The van der Waals surface area contributed by atoms with Crippen LogP contribution < -0.4 is 16.4 Å². The fraction of sp³-hybridized carbons (Fsp3) is 0.231. The number of benzene rings is 1. The van der Waals surface area contributed by atoms with Crippen LogP contribution in [-0.4, -0.2) is 39.2 Å². The summed E-state index contributed by atoms with van der Waals surface area (Å²) in [6.07, 6.45) is -0.532. The molecule has 1 amide bonds. The number of hydrogen-bond donors (Lipinski definition) is 5. The standard InChI is InChI=1S/C9H8N2OS.C4H7NO4/c12-8-7(10-9(13)11-8)6-4-2-1-3-5-6;5-2(4(8)9)1-3(6)7/h1-5,7H,(H2,10,11,12,13);2H,1,5H2,(H,6,7)(H,8,9). The Balaban J connectivity index is 0.000000239. The maximum atomic E-state index is 11.3. The number of aliphatic carboxylic acids is 2. The number of carboxylic acid groups (broad SMARTS) is 2. The third kappa shape index (κ3) is 5.46. The van der Waals surface area contributed by atoms with Crippen LogP contribution in [0.25, 0.3) is 0 Å². The molecule has 0 bridgehead atoms. The number of rotatable bonds is 4. The number of thiocarbonyl (C=S) groups is 1. The number of amides is 1. The molecule has 8 nitrogen and oxygen atoms in total. The van der Waals surface area contributed by atoms with Crippen LogP contribution in [0.15, 0.2) is 30.3 Å². The van der Waals surface area contributed by atoms with Gasteiger partial charge in [-0.2, -0.15) is 0 Å². The molecule has 1 aromatic carbocycles. The number of carbonyl (C=O) groups is 3. The Hall–Kier alpha value is -2.52. The van der Waals surface area contributed by atoms with Gasteiger partial charge in [0.15, 0.2) is 5.11 Å². The second-order valence-electron chi connectivity index (χ2n) is 4.35. The molecule has 0 aliphatic carbocycles. The first kappa shape index (κ1) is 17.5. The molecule has 22 heavy (non-hydrogen) atoms. The van der Waals surface area contributed by atoms with Gasteiger partial charge in [-0.25, -0.2) is 0 Å². The molecule has 2 atom stereocenters. The van der Waals surface area contributed by atoms with Gasteiger partial charge in [-0.1, -0.05) is 30.3 Å². The molecule has 9 heteroatoms. The molecular weight excluding hydrogens is 310 g/mol. The van der Waals surface area contributed by atoms with Crippen LogP contribution in [0.3, 0.4) is 0 Å². The highest BCUT2D eigenvalue weighted by molar-refractivity contribution is 7.80. The van der Waals surface area contributed by atoms with Crippen molar-refractivity contribution < 1.29 is 24.6 Å². The predicted molar refractivity (Wildman–Crippen MR) is 80.9 cm³/mol. The van der Waals surface area contributed by atoms with E-state index in [2.05, 4.69) is 10.6 Å². The van der Waals surface area contributed by atoms with Crippen molar-refractivity contribution in [2.24, 2.45) is 5.73 Å². The summed E-state index contributed by atoms with van der Waals surface area (Å²) in [6.45, 7) is 0. The normalized spacial score (nSPS) is 17.6. The van der Waals surface area contributed by atoms with Gasteiger partial charge in [0.2, 0.25) is 0 Å². The molecule has 2 rings (SSSR count). The Morgan fingerprint density at radius 2 is 1.86 bits per heavy atom. The lowest BCUT2D eigenvalue weighted by atomic mass is 10.1. The topological polar surface area (TPSA) is 142 Å². The Morgan fingerprint density at radius 3 is 2.23 bits per heavy atom. The second-order valence-corrected chi connectivity index (χ2v) is 4.76. The molecule has 1 heterocycles. The van der Waals surface area contributed by atoms with Gasteiger partial charge in [0.1, 0.15) is 12.1 Å². The highest BCUT2D eigenvalue weighted by Gasteiger charge is 2.27. The van der Waals surface area contributed by atoms with E-state index in [1.807, 2.05) is 30.3 Å². The molecule has 1 fully saturated rings. The summed E-state index contributed by atoms with van der Waals surface area (Å²) in [4.78, 5) is 30.9. The average molecular weight is 325 g/mol. The number of nitrogens with one attached hydrogen (secondary N) is 2. The zero-order chi connectivity index (χ0) is 16.7. The first-order valence-corrected chi connectivity index (χ1v) is 6.58. The average Bonchev–Trinajstić information content (AvgIpc) is 2.78. The molecule has 1 aliphatic heterocycles. The minimum Gasteiger partial charge on any atom is -0.481 e. The monoisotopic (exact) mass is 325 g/mol. The molecule has 118 valence electrons. The van der Waals surface area contributed by atoms with Gasteiger partial charge in [0, 0.05) is 0 Å². The van der Waals surface area contributed by atoms with E-state index in [0.29, 0.717) is 5.11 Å².